The first kappa shape index (κ1) is 19.0. The molecule has 0 radical (unpaired) electrons. The van der Waals surface area contributed by atoms with Gasteiger partial charge in [-0.3, -0.25) is 4.79 Å². The molecular weight excluding hydrogens is 354 g/mol. The van der Waals surface area contributed by atoms with Crippen LogP contribution in [0.1, 0.15) is 56.1 Å². The predicted molar refractivity (Wildman–Crippen MR) is 109 cm³/mol. The lowest BCUT2D eigenvalue weighted by Crippen LogP contribution is -2.49. The monoisotopic (exact) mass is 383 g/mol. The normalized spacial score (nSPS) is 22.1. The average molecular weight is 383 g/mol. The van der Waals surface area contributed by atoms with Crippen molar-refractivity contribution in [3.8, 4) is 5.75 Å². The van der Waals surface area contributed by atoms with Gasteiger partial charge < -0.3 is 14.1 Å². The highest BCUT2D eigenvalue weighted by molar-refractivity contribution is 5.83. The van der Waals surface area contributed by atoms with E-state index >= 15 is 0 Å². The molecule has 2 aliphatic rings. The van der Waals surface area contributed by atoms with Gasteiger partial charge in [-0.1, -0.05) is 12.8 Å². The van der Waals surface area contributed by atoms with Crippen LogP contribution < -0.4 is 10.4 Å². The molecule has 5 nitrogen and oxygen atoms in total. The average Bonchev–Trinajstić information content (AvgIpc) is 2.72. The van der Waals surface area contributed by atoms with E-state index in [1.54, 1.807) is 13.2 Å². The Bertz CT molecular complexity index is 930. The SMILES string of the molecule is COc1ccc2c(C)c(CCC(=O)N3CCCC4CCCCC43)c(=O)oc2c1. The molecule has 2 fully saturated rings. The summed E-state index contributed by atoms with van der Waals surface area (Å²) in [5.74, 6) is 1.52. The highest BCUT2D eigenvalue weighted by atomic mass is 16.5. The number of nitrogens with zero attached hydrogens (tertiary/aromatic N) is 1. The summed E-state index contributed by atoms with van der Waals surface area (Å²) in [6.07, 6.45) is 8.07. The number of piperidine rings is 1. The van der Waals surface area contributed by atoms with Crippen molar-refractivity contribution < 1.29 is 13.9 Å². The predicted octanol–water partition coefficient (Wildman–Crippen LogP) is 4.22. The number of methoxy groups -OCH3 is 1. The molecule has 5 heteroatoms. The van der Waals surface area contributed by atoms with Gasteiger partial charge in [-0.2, -0.15) is 0 Å². The Morgan fingerprint density at radius 3 is 2.82 bits per heavy atom. The van der Waals surface area contributed by atoms with Gasteiger partial charge >= 0.3 is 5.63 Å². The van der Waals surface area contributed by atoms with Gasteiger partial charge in [-0.25, -0.2) is 4.79 Å². The van der Waals surface area contributed by atoms with E-state index in [9.17, 15) is 9.59 Å². The second-order valence-electron chi connectivity index (χ2n) is 8.20. The van der Waals surface area contributed by atoms with Gasteiger partial charge in [0.1, 0.15) is 11.3 Å². The maximum atomic E-state index is 13.0. The van der Waals surface area contributed by atoms with Crippen LogP contribution in [0.2, 0.25) is 0 Å². The number of carbonyl (C=O) groups is 1. The van der Waals surface area contributed by atoms with Crippen LogP contribution in [0.4, 0.5) is 0 Å². The van der Waals surface area contributed by atoms with E-state index in [2.05, 4.69) is 4.90 Å². The molecule has 0 spiro atoms. The Morgan fingerprint density at radius 2 is 2.00 bits per heavy atom. The van der Waals surface area contributed by atoms with Gasteiger partial charge in [0.25, 0.3) is 0 Å². The molecule has 1 amide bonds. The number of fused-ring (bicyclic) bond motifs is 2. The van der Waals surface area contributed by atoms with Crippen molar-refractivity contribution in [3.63, 3.8) is 0 Å². The number of hydrogen-bond acceptors (Lipinski definition) is 4. The van der Waals surface area contributed by atoms with E-state index in [1.807, 2.05) is 19.1 Å². The molecule has 2 aromatic rings. The number of benzene rings is 1. The van der Waals surface area contributed by atoms with Crippen LogP contribution in [0.5, 0.6) is 5.75 Å². The molecule has 2 atom stereocenters. The number of carbonyl (C=O) groups excluding carboxylic acids is 1. The second kappa shape index (κ2) is 7.98. The Morgan fingerprint density at radius 1 is 1.21 bits per heavy atom. The Kier molecular flexibility index (Phi) is 5.42. The first-order valence-corrected chi connectivity index (χ1v) is 10.5. The van der Waals surface area contributed by atoms with Crippen LogP contribution in [0, 0.1) is 12.8 Å². The maximum absolute atomic E-state index is 13.0. The topological polar surface area (TPSA) is 59.8 Å². The van der Waals surface area contributed by atoms with Gasteiger partial charge in [0, 0.05) is 36.0 Å². The molecular formula is C23H29NO4. The molecule has 0 bridgehead atoms. The van der Waals surface area contributed by atoms with Gasteiger partial charge in [0.15, 0.2) is 0 Å². The summed E-state index contributed by atoms with van der Waals surface area (Å²) >= 11 is 0. The molecule has 150 valence electrons. The molecule has 2 heterocycles. The molecule has 1 aliphatic carbocycles. The summed E-state index contributed by atoms with van der Waals surface area (Å²) < 4.78 is 10.7. The van der Waals surface area contributed by atoms with E-state index in [4.69, 9.17) is 9.15 Å². The van der Waals surface area contributed by atoms with Gasteiger partial charge in [-0.15, -0.1) is 0 Å². The number of likely N-dealkylation sites (tertiary alicyclic amines) is 1. The van der Waals surface area contributed by atoms with Crippen molar-refractivity contribution in [2.24, 2.45) is 5.92 Å². The number of hydrogen-bond donors (Lipinski definition) is 0. The van der Waals surface area contributed by atoms with E-state index in [1.165, 1.54) is 25.7 Å². The lowest BCUT2D eigenvalue weighted by molar-refractivity contribution is -0.137. The summed E-state index contributed by atoms with van der Waals surface area (Å²) in [4.78, 5) is 27.6. The standard InChI is InChI=1S/C23H29NO4/c1-15-18-10-9-17(27-2)14-21(18)28-23(26)19(15)11-12-22(25)24-13-5-7-16-6-3-4-8-20(16)24/h9-10,14,16,20H,3-8,11-13H2,1-2H3. The highest BCUT2D eigenvalue weighted by Gasteiger charge is 2.35. The molecule has 1 aromatic carbocycles. The Hall–Kier alpha value is -2.30. The largest absolute Gasteiger partial charge is 0.497 e. The fourth-order valence-electron chi connectivity index (χ4n) is 5.10. The number of aryl methyl sites for hydroxylation is 1. The van der Waals surface area contributed by atoms with Crippen LogP contribution in [0.15, 0.2) is 27.4 Å². The number of amides is 1. The van der Waals surface area contributed by atoms with Crippen molar-refractivity contribution in [2.75, 3.05) is 13.7 Å². The van der Waals surface area contributed by atoms with Crippen molar-refractivity contribution in [1.82, 2.24) is 4.90 Å². The minimum atomic E-state index is -0.347. The van der Waals surface area contributed by atoms with Crippen LogP contribution in [-0.4, -0.2) is 30.5 Å². The molecule has 1 saturated heterocycles. The summed E-state index contributed by atoms with van der Waals surface area (Å²) in [5, 5.41) is 0.896. The van der Waals surface area contributed by atoms with E-state index in [0.717, 1.165) is 30.3 Å². The fourth-order valence-corrected chi connectivity index (χ4v) is 5.10. The quantitative estimate of drug-likeness (QED) is 0.742. The molecule has 1 aromatic heterocycles. The summed E-state index contributed by atoms with van der Waals surface area (Å²) in [6, 6.07) is 5.92. The van der Waals surface area contributed by atoms with Crippen LogP contribution >= 0.6 is 0 Å². The zero-order valence-corrected chi connectivity index (χ0v) is 16.8. The third-order valence-corrected chi connectivity index (χ3v) is 6.65. The smallest absolute Gasteiger partial charge is 0.339 e. The summed E-state index contributed by atoms with van der Waals surface area (Å²) in [5.41, 5.74) is 1.69. The van der Waals surface area contributed by atoms with E-state index in [0.29, 0.717) is 41.7 Å². The first-order chi connectivity index (χ1) is 13.6. The minimum Gasteiger partial charge on any atom is -0.497 e. The second-order valence-corrected chi connectivity index (χ2v) is 8.20. The van der Waals surface area contributed by atoms with Crippen molar-refractivity contribution in [1.29, 1.82) is 0 Å². The van der Waals surface area contributed by atoms with Crippen molar-refractivity contribution >= 4 is 16.9 Å². The van der Waals surface area contributed by atoms with Gasteiger partial charge in [0.2, 0.25) is 5.91 Å². The van der Waals surface area contributed by atoms with E-state index < -0.39 is 0 Å². The lowest BCUT2D eigenvalue weighted by Gasteiger charge is -2.44. The van der Waals surface area contributed by atoms with Crippen molar-refractivity contribution in [3.05, 3.63) is 39.7 Å². The third-order valence-electron chi connectivity index (χ3n) is 6.65. The molecule has 1 saturated carbocycles. The van der Waals surface area contributed by atoms with Gasteiger partial charge in [-0.05, 0) is 62.6 Å². The highest BCUT2D eigenvalue weighted by Crippen LogP contribution is 2.35. The zero-order chi connectivity index (χ0) is 19.7. The zero-order valence-electron chi connectivity index (χ0n) is 16.8. The molecule has 2 unspecified atom stereocenters. The van der Waals surface area contributed by atoms with Crippen LogP contribution in [-0.2, 0) is 11.2 Å². The molecule has 0 N–H and O–H groups in total. The van der Waals surface area contributed by atoms with Gasteiger partial charge in [0.05, 0.1) is 7.11 Å². The summed E-state index contributed by atoms with van der Waals surface area (Å²) in [7, 11) is 1.59. The number of ether oxygens (including phenoxy) is 1. The Balaban J connectivity index is 1.52. The molecule has 28 heavy (non-hydrogen) atoms. The number of rotatable bonds is 4. The Labute approximate surface area is 165 Å². The maximum Gasteiger partial charge on any atom is 0.339 e. The minimum absolute atomic E-state index is 0.185. The van der Waals surface area contributed by atoms with Crippen LogP contribution in [0.25, 0.3) is 11.0 Å². The van der Waals surface area contributed by atoms with Crippen LogP contribution in [0.3, 0.4) is 0 Å². The first-order valence-electron chi connectivity index (χ1n) is 10.5. The summed E-state index contributed by atoms with van der Waals surface area (Å²) in [6.45, 7) is 2.80. The molecule has 1 aliphatic heterocycles. The molecule has 4 rings (SSSR count). The third kappa shape index (κ3) is 3.54. The lowest BCUT2D eigenvalue weighted by atomic mass is 9.78. The van der Waals surface area contributed by atoms with Crippen molar-refractivity contribution in [2.45, 2.75) is 64.3 Å². The van der Waals surface area contributed by atoms with E-state index in [-0.39, 0.29) is 11.5 Å². The fraction of sp³-hybridized carbons (Fsp3) is 0.565.